The molecular weight excluding hydrogens is 367 g/mol. The molecule has 1 saturated heterocycles. The van der Waals surface area contributed by atoms with Crippen molar-refractivity contribution in [3.05, 3.63) is 58.9 Å². The van der Waals surface area contributed by atoms with Gasteiger partial charge in [0, 0.05) is 5.02 Å². The molecule has 0 spiro atoms. The van der Waals surface area contributed by atoms with E-state index in [0.29, 0.717) is 28.9 Å². The quantitative estimate of drug-likeness (QED) is 0.795. The molecule has 0 unspecified atom stereocenters. The van der Waals surface area contributed by atoms with E-state index in [1.165, 1.54) is 17.7 Å². The van der Waals surface area contributed by atoms with Crippen LogP contribution in [-0.2, 0) is 11.2 Å². The number of piperidine rings is 1. The predicted octanol–water partition coefficient (Wildman–Crippen LogP) is 4.38. The van der Waals surface area contributed by atoms with Crippen molar-refractivity contribution in [3.63, 3.8) is 0 Å². The lowest BCUT2D eigenvalue weighted by molar-refractivity contribution is -0.117. The van der Waals surface area contributed by atoms with Crippen molar-refractivity contribution < 1.29 is 13.9 Å². The summed E-state index contributed by atoms with van der Waals surface area (Å²) in [5, 5.41) is 3.43. The number of hydrogen-bond donors (Lipinski definition) is 1. The second kappa shape index (κ2) is 9.20. The van der Waals surface area contributed by atoms with Gasteiger partial charge in [0.1, 0.15) is 11.6 Å². The lowest BCUT2D eigenvalue weighted by atomic mass is 9.90. The van der Waals surface area contributed by atoms with E-state index in [-0.39, 0.29) is 11.7 Å². The molecule has 0 bridgehead atoms. The topological polar surface area (TPSA) is 41.6 Å². The Morgan fingerprint density at radius 3 is 2.59 bits per heavy atom. The summed E-state index contributed by atoms with van der Waals surface area (Å²) < 4.78 is 18.3. The number of ether oxygens (including phenoxy) is 1. The molecule has 1 amide bonds. The summed E-state index contributed by atoms with van der Waals surface area (Å²) in [4.78, 5) is 14.5. The van der Waals surface area contributed by atoms with E-state index in [1.54, 1.807) is 25.3 Å². The van der Waals surface area contributed by atoms with E-state index in [4.69, 9.17) is 16.3 Å². The van der Waals surface area contributed by atoms with Crippen molar-refractivity contribution in [2.24, 2.45) is 5.92 Å². The summed E-state index contributed by atoms with van der Waals surface area (Å²) in [7, 11) is 1.56. The third-order valence-electron chi connectivity index (χ3n) is 4.95. The number of methoxy groups -OCH3 is 1. The molecule has 0 aliphatic carbocycles. The highest BCUT2D eigenvalue weighted by atomic mass is 35.5. The second-order valence-electron chi connectivity index (χ2n) is 6.94. The van der Waals surface area contributed by atoms with Crippen LogP contribution in [-0.4, -0.2) is 37.6 Å². The first kappa shape index (κ1) is 19.6. The Labute approximate surface area is 164 Å². The van der Waals surface area contributed by atoms with Gasteiger partial charge in [0.25, 0.3) is 0 Å². The van der Waals surface area contributed by atoms with Crippen LogP contribution in [0.1, 0.15) is 18.4 Å². The average Bonchev–Trinajstić information content (AvgIpc) is 2.65. The summed E-state index contributed by atoms with van der Waals surface area (Å²) >= 11 is 6.00. The number of carbonyl (C=O) groups is 1. The Hall–Kier alpha value is -2.11. The molecule has 4 nitrogen and oxygen atoms in total. The smallest absolute Gasteiger partial charge is 0.238 e. The van der Waals surface area contributed by atoms with E-state index < -0.39 is 0 Å². The number of hydrogen-bond acceptors (Lipinski definition) is 3. The summed E-state index contributed by atoms with van der Waals surface area (Å²) in [5.74, 6) is 0.886. The van der Waals surface area contributed by atoms with Gasteiger partial charge >= 0.3 is 0 Å². The van der Waals surface area contributed by atoms with Gasteiger partial charge in [0.2, 0.25) is 5.91 Å². The summed E-state index contributed by atoms with van der Waals surface area (Å²) in [6.45, 7) is 2.11. The van der Waals surface area contributed by atoms with Crippen LogP contribution in [0.2, 0.25) is 5.02 Å². The van der Waals surface area contributed by atoms with E-state index in [0.717, 1.165) is 32.4 Å². The Kier molecular flexibility index (Phi) is 6.69. The molecule has 1 heterocycles. The third kappa shape index (κ3) is 5.68. The van der Waals surface area contributed by atoms with Crippen LogP contribution in [0.5, 0.6) is 5.75 Å². The second-order valence-corrected chi connectivity index (χ2v) is 7.38. The number of halogens is 2. The fourth-order valence-electron chi connectivity index (χ4n) is 3.47. The van der Waals surface area contributed by atoms with Crippen molar-refractivity contribution in [1.29, 1.82) is 0 Å². The monoisotopic (exact) mass is 390 g/mol. The first-order valence-corrected chi connectivity index (χ1v) is 9.51. The van der Waals surface area contributed by atoms with Crippen LogP contribution < -0.4 is 10.1 Å². The first-order valence-electron chi connectivity index (χ1n) is 9.13. The standard InChI is InChI=1S/C21H24ClFN2O2/c1-27-20-7-4-17(22)13-19(20)24-21(26)14-25-10-8-16(9-11-25)12-15-2-5-18(23)6-3-15/h2-7,13,16H,8-12,14H2,1H3,(H,24,26). The number of carbonyl (C=O) groups excluding carboxylic acids is 1. The zero-order valence-electron chi connectivity index (χ0n) is 15.4. The van der Waals surface area contributed by atoms with E-state index in [1.807, 2.05) is 12.1 Å². The molecule has 0 saturated carbocycles. The molecule has 1 N–H and O–H groups in total. The van der Waals surface area contributed by atoms with Gasteiger partial charge in [-0.2, -0.15) is 0 Å². The number of benzene rings is 2. The van der Waals surface area contributed by atoms with Gasteiger partial charge in [-0.05, 0) is 74.2 Å². The minimum atomic E-state index is -0.198. The Morgan fingerprint density at radius 1 is 1.22 bits per heavy atom. The van der Waals surface area contributed by atoms with E-state index in [9.17, 15) is 9.18 Å². The molecule has 1 fully saturated rings. The van der Waals surface area contributed by atoms with Crippen molar-refractivity contribution >= 4 is 23.2 Å². The zero-order chi connectivity index (χ0) is 19.2. The first-order chi connectivity index (χ1) is 13.0. The minimum absolute atomic E-state index is 0.0763. The van der Waals surface area contributed by atoms with Gasteiger partial charge in [-0.3, -0.25) is 9.69 Å². The molecule has 27 heavy (non-hydrogen) atoms. The van der Waals surface area contributed by atoms with Crippen LogP contribution in [0.15, 0.2) is 42.5 Å². The summed E-state index contributed by atoms with van der Waals surface area (Å²) in [6, 6.07) is 11.9. The van der Waals surface area contributed by atoms with Crippen molar-refractivity contribution in [1.82, 2.24) is 4.90 Å². The number of nitrogens with one attached hydrogen (secondary N) is 1. The van der Waals surface area contributed by atoms with E-state index >= 15 is 0 Å². The molecule has 1 aliphatic heterocycles. The maximum Gasteiger partial charge on any atom is 0.238 e. The SMILES string of the molecule is COc1ccc(Cl)cc1NC(=O)CN1CCC(Cc2ccc(F)cc2)CC1. The molecule has 3 rings (SSSR count). The molecule has 0 atom stereocenters. The lowest BCUT2D eigenvalue weighted by Gasteiger charge is -2.31. The van der Waals surface area contributed by atoms with Gasteiger partial charge in [-0.1, -0.05) is 23.7 Å². The molecule has 0 aromatic heterocycles. The van der Waals surface area contributed by atoms with Crippen LogP contribution in [0.4, 0.5) is 10.1 Å². The van der Waals surface area contributed by atoms with Crippen molar-refractivity contribution in [3.8, 4) is 5.75 Å². The Bertz CT molecular complexity index is 774. The highest BCUT2D eigenvalue weighted by Crippen LogP contribution is 2.28. The molecule has 0 radical (unpaired) electrons. The van der Waals surface area contributed by atoms with Crippen LogP contribution in [0, 0.1) is 11.7 Å². The summed E-state index contributed by atoms with van der Waals surface area (Å²) in [5.41, 5.74) is 1.75. The van der Waals surface area contributed by atoms with Crippen LogP contribution in [0.25, 0.3) is 0 Å². The molecule has 2 aromatic carbocycles. The van der Waals surface area contributed by atoms with Gasteiger partial charge in [0.05, 0.1) is 19.3 Å². The number of nitrogens with zero attached hydrogens (tertiary/aromatic N) is 1. The summed E-state index contributed by atoms with van der Waals surface area (Å²) in [6.07, 6.45) is 3.02. The van der Waals surface area contributed by atoms with Crippen LogP contribution in [0.3, 0.4) is 0 Å². The van der Waals surface area contributed by atoms with Gasteiger partial charge < -0.3 is 10.1 Å². The Balaban J connectivity index is 1.47. The van der Waals surface area contributed by atoms with Gasteiger partial charge in [-0.25, -0.2) is 4.39 Å². The van der Waals surface area contributed by atoms with Gasteiger partial charge in [-0.15, -0.1) is 0 Å². The van der Waals surface area contributed by atoms with Crippen molar-refractivity contribution in [2.45, 2.75) is 19.3 Å². The maximum atomic E-state index is 13.0. The number of rotatable bonds is 6. The minimum Gasteiger partial charge on any atom is -0.495 e. The lowest BCUT2D eigenvalue weighted by Crippen LogP contribution is -2.39. The largest absolute Gasteiger partial charge is 0.495 e. The molecule has 6 heteroatoms. The maximum absolute atomic E-state index is 13.0. The number of amides is 1. The number of likely N-dealkylation sites (tertiary alicyclic amines) is 1. The molecular formula is C21H24ClFN2O2. The molecule has 1 aliphatic rings. The van der Waals surface area contributed by atoms with E-state index in [2.05, 4.69) is 10.2 Å². The van der Waals surface area contributed by atoms with Crippen molar-refractivity contribution in [2.75, 3.05) is 32.1 Å². The third-order valence-corrected chi connectivity index (χ3v) is 5.18. The predicted molar refractivity (Wildman–Crippen MR) is 106 cm³/mol. The van der Waals surface area contributed by atoms with Gasteiger partial charge in [0.15, 0.2) is 0 Å². The number of anilines is 1. The molecule has 2 aromatic rings. The Morgan fingerprint density at radius 2 is 1.93 bits per heavy atom. The zero-order valence-corrected chi connectivity index (χ0v) is 16.1. The highest BCUT2D eigenvalue weighted by Gasteiger charge is 2.21. The fourth-order valence-corrected chi connectivity index (χ4v) is 3.65. The normalized spacial score (nSPS) is 15.5. The average molecular weight is 391 g/mol. The molecule has 144 valence electrons. The fraction of sp³-hybridized carbons (Fsp3) is 0.381. The highest BCUT2D eigenvalue weighted by molar-refractivity contribution is 6.31. The van der Waals surface area contributed by atoms with Crippen LogP contribution >= 0.6 is 11.6 Å².